The maximum atomic E-state index is 11.1. The molecule has 0 aromatic rings. The molecule has 0 fully saturated rings. The highest BCUT2D eigenvalue weighted by Gasteiger charge is 2.12. The Labute approximate surface area is 83.1 Å². The van der Waals surface area contributed by atoms with Crippen molar-refractivity contribution in [2.75, 3.05) is 7.05 Å². The molecule has 0 saturated carbocycles. The van der Waals surface area contributed by atoms with Crippen LogP contribution in [-0.2, 0) is 4.79 Å². The van der Waals surface area contributed by atoms with Gasteiger partial charge in [-0.2, -0.15) is 0 Å². The summed E-state index contributed by atoms with van der Waals surface area (Å²) in [6.45, 7) is 8.21. The van der Waals surface area contributed by atoms with E-state index in [4.69, 9.17) is 0 Å². The van der Waals surface area contributed by atoms with Crippen LogP contribution in [-0.4, -0.2) is 13.0 Å². The van der Waals surface area contributed by atoms with E-state index < -0.39 is 0 Å². The van der Waals surface area contributed by atoms with E-state index in [1.807, 2.05) is 13.8 Å². The third kappa shape index (κ3) is 7.82. The van der Waals surface area contributed by atoms with Gasteiger partial charge >= 0.3 is 0 Å². The van der Waals surface area contributed by atoms with Gasteiger partial charge in [0.15, 0.2) is 0 Å². The highest BCUT2D eigenvalue weighted by atomic mass is 16.1. The molecule has 0 aliphatic carbocycles. The molecule has 0 aromatic heterocycles. The van der Waals surface area contributed by atoms with Gasteiger partial charge in [0.05, 0.1) is 0 Å². The fourth-order valence-electron chi connectivity index (χ4n) is 1.18. The monoisotopic (exact) mass is 187 g/mol. The molecule has 0 spiro atoms. The maximum Gasteiger partial charge on any atom is 0.222 e. The Morgan fingerprint density at radius 3 is 2.15 bits per heavy atom. The lowest BCUT2D eigenvalue weighted by molar-refractivity contribution is -0.124. The third-order valence-electron chi connectivity index (χ3n) is 2.02. The molecule has 1 amide bonds. The molecule has 0 saturated heterocycles. The summed E-state index contributed by atoms with van der Waals surface area (Å²) in [6, 6.07) is 0. The Hall–Kier alpha value is -0.530. The smallest absolute Gasteiger partial charge is 0.222 e. The van der Waals surface area contributed by atoms with E-state index in [2.05, 4.69) is 19.2 Å². The summed E-state index contributed by atoms with van der Waals surface area (Å²) < 4.78 is 0. The predicted octanol–water partition coefficient (Wildman–Crippen LogP) is 2.98. The number of hydrogen-bond donors (Lipinski definition) is 1. The number of rotatable bonds is 5. The lowest BCUT2D eigenvalue weighted by Crippen LogP contribution is -2.26. The van der Waals surface area contributed by atoms with Crippen molar-refractivity contribution in [1.29, 1.82) is 0 Å². The summed E-state index contributed by atoms with van der Waals surface area (Å²) in [5, 5.41) is 2.69. The van der Waals surface area contributed by atoms with Gasteiger partial charge in [-0.05, 0) is 12.8 Å². The van der Waals surface area contributed by atoms with E-state index in [1.165, 1.54) is 6.42 Å². The molecule has 1 unspecified atom stereocenters. The van der Waals surface area contributed by atoms with Crippen molar-refractivity contribution in [3.63, 3.8) is 0 Å². The van der Waals surface area contributed by atoms with Gasteiger partial charge in [0.25, 0.3) is 0 Å². The van der Waals surface area contributed by atoms with Crippen molar-refractivity contribution in [3.8, 4) is 0 Å². The Kier molecular flexibility index (Phi) is 13.2. The number of carbonyl (C=O) groups excluding carboxylic acids is 1. The predicted molar refractivity (Wildman–Crippen MR) is 58.7 cm³/mol. The molecule has 2 heteroatoms. The number of hydrogen-bond acceptors (Lipinski definition) is 1. The molecule has 0 bridgehead atoms. The summed E-state index contributed by atoms with van der Waals surface area (Å²) in [7, 11) is 1.71. The van der Waals surface area contributed by atoms with Gasteiger partial charge in [0.1, 0.15) is 0 Å². The zero-order valence-corrected chi connectivity index (χ0v) is 9.81. The highest BCUT2D eigenvalue weighted by Crippen LogP contribution is 2.11. The first-order valence-corrected chi connectivity index (χ1v) is 5.47. The van der Waals surface area contributed by atoms with Gasteiger partial charge in [-0.15, -0.1) is 0 Å². The number of carbonyl (C=O) groups is 1. The summed E-state index contributed by atoms with van der Waals surface area (Å²) in [6.07, 6.45) is 4.33. The van der Waals surface area contributed by atoms with Crippen molar-refractivity contribution in [1.82, 2.24) is 5.32 Å². The van der Waals surface area contributed by atoms with E-state index in [9.17, 15) is 4.79 Å². The topological polar surface area (TPSA) is 29.1 Å². The Bertz CT molecular complexity index is 113. The zero-order chi connectivity index (χ0) is 10.7. The second-order valence-corrected chi connectivity index (χ2v) is 2.86. The van der Waals surface area contributed by atoms with Crippen LogP contribution in [0.2, 0.25) is 0 Å². The van der Waals surface area contributed by atoms with Crippen LogP contribution in [0.5, 0.6) is 0 Å². The van der Waals surface area contributed by atoms with Crippen LogP contribution in [0.25, 0.3) is 0 Å². The van der Waals surface area contributed by atoms with Crippen LogP contribution in [0.4, 0.5) is 0 Å². The van der Waals surface area contributed by atoms with Crippen LogP contribution in [0.3, 0.4) is 0 Å². The van der Waals surface area contributed by atoms with Crippen LogP contribution in [0, 0.1) is 5.92 Å². The lowest BCUT2D eigenvalue weighted by Gasteiger charge is -2.11. The largest absolute Gasteiger partial charge is 0.359 e. The van der Waals surface area contributed by atoms with Gasteiger partial charge in [0.2, 0.25) is 5.91 Å². The number of nitrogens with one attached hydrogen (secondary N) is 1. The van der Waals surface area contributed by atoms with Crippen LogP contribution < -0.4 is 5.32 Å². The highest BCUT2D eigenvalue weighted by molar-refractivity contribution is 5.78. The van der Waals surface area contributed by atoms with E-state index in [1.54, 1.807) is 7.05 Å². The number of unbranched alkanes of at least 4 members (excludes halogenated alkanes) is 1. The Morgan fingerprint density at radius 2 is 1.85 bits per heavy atom. The first kappa shape index (κ1) is 15.0. The van der Waals surface area contributed by atoms with Gasteiger partial charge in [-0.3, -0.25) is 4.79 Å². The summed E-state index contributed by atoms with van der Waals surface area (Å²) in [4.78, 5) is 11.1. The molecule has 0 rings (SSSR count). The minimum Gasteiger partial charge on any atom is -0.359 e. The molecule has 0 aliphatic heterocycles. The standard InChI is InChI=1S/C9H19NO.C2H6/c1-4-6-7-8(5-2)9(11)10-3;1-2/h8H,4-7H2,1-3H3,(H,10,11);1-2H3. The fraction of sp³-hybridized carbons (Fsp3) is 0.909. The minimum absolute atomic E-state index is 0.195. The normalized spacial score (nSPS) is 11.2. The first-order valence-electron chi connectivity index (χ1n) is 5.47. The summed E-state index contributed by atoms with van der Waals surface area (Å²) in [5.74, 6) is 0.431. The molecule has 1 atom stereocenters. The van der Waals surface area contributed by atoms with E-state index in [-0.39, 0.29) is 11.8 Å². The van der Waals surface area contributed by atoms with E-state index >= 15 is 0 Å². The third-order valence-corrected chi connectivity index (χ3v) is 2.02. The molecular formula is C11H25NO. The van der Waals surface area contributed by atoms with Gasteiger partial charge in [-0.25, -0.2) is 0 Å². The number of amides is 1. The maximum absolute atomic E-state index is 11.1. The molecule has 2 nitrogen and oxygen atoms in total. The average Bonchev–Trinajstić information content (AvgIpc) is 2.21. The van der Waals surface area contributed by atoms with E-state index in [0.29, 0.717) is 0 Å². The second-order valence-electron chi connectivity index (χ2n) is 2.86. The molecule has 0 radical (unpaired) electrons. The Morgan fingerprint density at radius 1 is 1.31 bits per heavy atom. The van der Waals surface area contributed by atoms with Gasteiger partial charge < -0.3 is 5.32 Å². The van der Waals surface area contributed by atoms with E-state index in [0.717, 1.165) is 19.3 Å². The quantitative estimate of drug-likeness (QED) is 0.704. The van der Waals surface area contributed by atoms with Crippen LogP contribution >= 0.6 is 0 Å². The van der Waals surface area contributed by atoms with Gasteiger partial charge in [0, 0.05) is 13.0 Å². The van der Waals surface area contributed by atoms with Crippen LogP contribution in [0.1, 0.15) is 53.4 Å². The molecule has 0 aliphatic rings. The average molecular weight is 187 g/mol. The first-order chi connectivity index (χ1) is 6.26. The van der Waals surface area contributed by atoms with Crippen molar-refractivity contribution < 1.29 is 4.79 Å². The molecule has 0 aromatic carbocycles. The Balaban J connectivity index is 0. The molecular weight excluding hydrogens is 162 g/mol. The van der Waals surface area contributed by atoms with Gasteiger partial charge in [-0.1, -0.05) is 40.5 Å². The van der Waals surface area contributed by atoms with Crippen LogP contribution in [0.15, 0.2) is 0 Å². The summed E-state index contributed by atoms with van der Waals surface area (Å²) >= 11 is 0. The second kappa shape index (κ2) is 11.5. The molecule has 80 valence electrons. The molecule has 13 heavy (non-hydrogen) atoms. The fourth-order valence-corrected chi connectivity index (χ4v) is 1.18. The molecule has 0 heterocycles. The van der Waals surface area contributed by atoms with Crippen molar-refractivity contribution >= 4 is 5.91 Å². The molecule has 1 N–H and O–H groups in total. The van der Waals surface area contributed by atoms with Crippen molar-refractivity contribution in [2.24, 2.45) is 5.92 Å². The SMILES string of the molecule is CC.CCCCC(CC)C(=O)NC. The minimum atomic E-state index is 0.195. The lowest BCUT2D eigenvalue weighted by atomic mass is 9.99. The van der Waals surface area contributed by atoms with Crippen molar-refractivity contribution in [3.05, 3.63) is 0 Å². The zero-order valence-electron chi connectivity index (χ0n) is 9.81. The summed E-state index contributed by atoms with van der Waals surface area (Å²) in [5.41, 5.74) is 0. The van der Waals surface area contributed by atoms with Crippen molar-refractivity contribution in [2.45, 2.75) is 53.4 Å².